The number of benzene rings is 2. The Labute approximate surface area is 197 Å². The van der Waals surface area contributed by atoms with Gasteiger partial charge in [0.05, 0.1) is 20.6 Å². The van der Waals surface area contributed by atoms with Crippen molar-refractivity contribution >= 4 is 58.1 Å². The third-order valence-electron chi connectivity index (χ3n) is 4.58. The molecule has 0 saturated carbocycles. The first kappa shape index (κ1) is 22.1. The van der Waals surface area contributed by atoms with Gasteiger partial charge in [-0.3, -0.25) is 19.3 Å². The molecule has 0 spiro atoms. The van der Waals surface area contributed by atoms with Crippen molar-refractivity contribution in [3.05, 3.63) is 81.2 Å². The standard InChI is InChI=1S/C21H15Cl2N5O3S/c22-16-3-1-2-14(18(16)23)10-17-20(30)27(21(31)32-17)9-8-25-19(29)13-4-6-15(7-5-13)28-12-24-11-26-28/h1-7,10-12H,8-9H2,(H,25,29)/b17-10-. The fourth-order valence-corrected chi connectivity index (χ4v) is 4.17. The van der Waals surface area contributed by atoms with Gasteiger partial charge in [0.15, 0.2) is 0 Å². The maximum atomic E-state index is 12.6. The van der Waals surface area contributed by atoms with Crippen LogP contribution in [0.4, 0.5) is 4.79 Å². The van der Waals surface area contributed by atoms with E-state index in [0.717, 1.165) is 22.3 Å². The fourth-order valence-electron chi connectivity index (χ4n) is 2.96. The second-order valence-electron chi connectivity index (χ2n) is 6.62. The predicted octanol–water partition coefficient (Wildman–Crippen LogP) is 4.04. The molecule has 1 aromatic heterocycles. The number of halogens is 2. The van der Waals surface area contributed by atoms with Gasteiger partial charge in [-0.15, -0.1) is 0 Å². The van der Waals surface area contributed by atoms with Crippen LogP contribution in [0.1, 0.15) is 15.9 Å². The summed E-state index contributed by atoms with van der Waals surface area (Å²) in [4.78, 5) is 42.5. The molecule has 162 valence electrons. The second kappa shape index (κ2) is 9.56. The van der Waals surface area contributed by atoms with Gasteiger partial charge in [-0.25, -0.2) is 9.67 Å². The van der Waals surface area contributed by atoms with E-state index in [1.54, 1.807) is 53.5 Å². The van der Waals surface area contributed by atoms with E-state index in [9.17, 15) is 14.4 Å². The number of aromatic nitrogens is 3. The van der Waals surface area contributed by atoms with Gasteiger partial charge in [-0.05, 0) is 53.7 Å². The molecule has 4 rings (SSSR count). The van der Waals surface area contributed by atoms with E-state index in [-0.39, 0.29) is 23.9 Å². The summed E-state index contributed by atoms with van der Waals surface area (Å²) in [5.41, 5.74) is 1.76. The highest BCUT2D eigenvalue weighted by Crippen LogP contribution is 2.34. The molecule has 1 saturated heterocycles. The van der Waals surface area contributed by atoms with Gasteiger partial charge in [0.25, 0.3) is 17.1 Å². The molecule has 1 N–H and O–H groups in total. The Balaban J connectivity index is 1.35. The molecule has 8 nitrogen and oxygen atoms in total. The summed E-state index contributed by atoms with van der Waals surface area (Å²) < 4.78 is 1.58. The summed E-state index contributed by atoms with van der Waals surface area (Å²) in [6.45, 7) is 0.168. The molecular formula is C21H15Cl2N5O3S. The molecule has 11 heteroatoms. The average Bonchev–Trinajstić information content (AvgIpc) is 3.41. The summed E-state index contributed by atoms with van der Waals surface area (Å²) >= 11 is 13.0. The topological polar surface area (TPSA) is 97.2 Å². The van der Waals surface area contributed by atoms with Crippen LogP contribution in [0.25, 0.3) is 11.8 Å². The number of amides is 3. The highest BCUT2D eigenvalue weighted by molar-refractivity contribution is 8.18. The zero-order chi connectivity index (χ0) is 22.7. The molecule has 0 bridgehead atoms. The maximum absolute atomic E-state index is 12.6. The molecule has 3 aromatic rings. The number of imide groups is 1. The van der Waals surface area contributed by atoms with Crippen molar-refractivity contribution in [3.8, 4) is 5.69 Å². The smallest absolute Gasteiger partial charge is 0.293 e. The number of nitrogens with one attached hydrogen (secondary N) is 1. The van der Waals surface area contributed by atoms with Crippen LogP contribution in [-0.4, -0.2) is 49.8 Å². The average molecular weight is 488 g/mol. The molecule has 1 aliphatic rings. The van der Waals surface area contributed by atoms with Crippen LogP contribution in [0.2, 0.25) is 10.0 Å². The van der Waals surface area contributed by atoms with Crippen molar-refractivity contribution in [2.45, 2.75) is 0 Å². The van der Waals surface area contributed by atoms with E-state index >= 15 is 0 Å². The van der Waals surface area contributed by atoms with Crippen LogP contribution in [0.15, 0.2) is 60.0 Å². The normalized spacial score (nSPS) is 14.9. The number of carbonyl (C=O) groups is 3. The number of hydrogen-bond donors (Lipinski definition) is 1. The third-order valence-corrected chi connectivity index (χ3v) is 6.32. The Bertz CT molecular complexity index is 1210. The molecule has 0 aliphatic carbocycles. The van der Waals surface area contributed by atoms with E-state index in [0.29, 0.717) is 21.2 Å². The van der Waals surface area contributed by atoms with Crippen LogP contribution >= 0.6 is 35.0 Å². The first-order valence-corrected chi connectivity index (χ1v) is 10.9. The largest absolute Gasteiger partial charge is 0.350 e. The van der Waals surface area contributed by atoms with E-state index in [1.807, 2.05) is 0 Å². The minimum absolute atomic E-state index is 0.0497. The van der Waals surface area contributed by atoms with Gasteiger partial charge in [0.2, 0.25) is 0 Å². The quantitative estimate of drug-likeness (QED) is 0.526. The van der Waals surface area contributed by atoms with E-state index in [2.05, 4.69) is 15.4 Å². The fraction of sp³-hybridized carbons (Fsp3) is 0.0952. The Hall–Kier alpha value is -3.14. The van der Waals surface area contributed by atoms with E-state index in [4.69, 9.17) is 23.2 Å². The first-order valence-electron chi connectivity index (χ1n) is 9.36. The molecule has 3 amide bonds. The number of carbonyl (C=O) groups excluding carboxylic acids is 3. The molecule has 2 aromatic carbocycles. The van der Waals surface area contributed by atoms with Crippen molar-refractivity contribution in [2.75, 3.05) is 13.1 Å². The van der Waals surface area contributed by atoms with Crippen molar-refractivity contribution in [1.82, 2.24) is 25.0 Å². The lowest BCUT2D eigenvalue weighted by Crippen LogP contribution is -2.37. The number of rotatable bonds is 6. The van der Waals surface area contributed by atoms with Crippen molar-refractivity contribution < 1.29 is 14.4 Å². The summed E-state index contributed by atoms with van der Waals surface area (Å²) in [5.74, 6) is -0.758. The summed E-state index contributed by atoms with van der Waals surface area (Å²) in [6.07, 6.45) is 4.51. The van der Waals surface area contributed by atoms with Gasteiger partial charge in [0, 0.05) is 18.7 Å². The number of thioether (sulfide) groups is 1. The summed E-state index contributed by atoms with van der Waals surface area (Å²) in [6, 6.07) is 11.8. The Morgan fingerprint density at radius 1 is 1.12 bits per heavy atom. The molecule has 32 heavy (non-hydrogen) atoms. The summed E-state index contributed by atoms with van der Waals surface area (Å²) in [5, 5.41) is 7.00. The SMILES string of the molecule is O=C(NCCN1C(=O)S/C(=C\c2cccc(Cl)c2Cl)C1=O)c1ccc(-n2cncn2)cc1. The van der Waals surface area contributed by atoms with E-state index < -0.39 is 11.1 Å². The number of nitrogens with zero attached hydrogens (tertiary/aromatic N) is 4. The number of hydrogen-bond acceptors (Lipinski definition) is 6. The van der Waals surface area contributed by atoms with Crippen LogP contribution in [-0.2, 0) is 4.79 Å². The lowest BCUT2D eigenvalue weighted by Gasteiger charge is -2.13. The Morgan fingerprint density at radius 2 is 1.91 bits per heavy atom. The minimum atomic E-state index is -0.442. The molecule has 1 fully saturated rings. The molecule has 0 unspecified atom stereocenters. The van der Waals surface area contributed by atoms with Crippen molar-refractivity contribution in [2.24, 2.45) is 0 Å². The lowest BCUT2D eigenvalue weighted by molar-refractivity contribution is -0.122. The molecule has 1 aliphatic heterocycles. The zero-order valence-electron chi connectivity index (χ0n) is 16.4. The van der Waals surface area contributed by atoms with Gasteiger partial charge in [0.1, 0.15) is 12.7 Å². The van der Waals surface area contributed by atoms with Crippen LogP contribution < -0.4 is 5.32 Å². The van der Waals surface area contributed by atoms with Gasteiger partial charge >= 0.3 is 0 Å². The van der Waals surface area contributed by atoms with Gasteiger partial charge in [-0.1, -0.05) is 35.3 Å². The highest BCUT2D eigenvalue weighted by Gasteiger charge is 2.34. The second-order valence-corrected chi connectivity index (χ2v) is 8.40. The van der Waals surface area contributed by atoms with Crippen LogP contribution in [0.3, 0.4) is 0 Å². The van der Waals surface area contributed by atoms with Crippen molar-refractivity contribution in [3.63, 3.8) is 0 Å². The van der Waals surface area contributed by atoms with E-state index in [1.165, 1.54) is 12.4 Å². The van der Waals surface area contributed by atoms with Crippen LogP contribution in [0.5, 0.6) is 0 Å². The minimum Gasteiger partial charge on any atom is -0.350 e. The molecule has 0 atom stereocenters. The summed E-state index contributed by atoms with van der Waals surface area (Å²) in [7, 11) is 0. The van der Waals surface area contributed by atoms with Gasteiger partial charge < -0.3 is 5.32 Å². The van der Waals surface area contributed by atoms with Crippen molar-refractivity contribution in [1.29, 1.82) is 0 Å². The monoisotopic (exact) mass is 487 g/mol. The highest BCUT2D eigenvalue weighted by atomic mass is 35.5. The maximum Gasteiger partial charge on any atom is 0.293 e. The molecular weight excluding hydrogens is 473 g/mol. The zero-order valence-corrected chi connectivity index (χ0v) is 18.7. The molecule has 0 radical (unpaired) electrons. The first-order chi connectivity index (χ1) is 15.4. The Morgan fingerprint density at radius 3 is 2.62 bits per heavy atom. The third kappa shape index (κ3) is 4.69. The Kier molecular flexibility index (Phi) is 6.59. The van der Waals surface area contributed by atoms with Crippen LogP contribution in [0, 0.1) is 0 Å². The van der Waals surface area contributed by atoms with Gasteiger partial charge in [-0.2, -0.15) is 5.10 Å². The lowest BCUT2D eigenvalue weighted by atomic mass is 10.2. The molecule has 2 heterocycles. The predicted molar refractivity (Wildman–Crippen MR) is 123 cm³/mol.